The summed E-state index contributed by atoms with van der Waals surface area (Å²) in [5.41, 5.74) is 5.01. The Kier molecular flexibility index (Phi) is 4.19. The molecular weight excluding hydrogens is 252 g/mol. The van der Waals surface area contributed by atoms with Gasteiger partial charge in [0.1, 0.15) is 5.15 Å². The van der Waals surface area contributed by atoms with Gasteiger partial charge in [-0.2, -0.15) is 0 Å². The molecule has 0 spiro atoms. The highest BCUT2D eigenvalue weighted by Crippen LogP contribution is 2.30. The molecule has 0 aromatic carbocycles. The fourth-order valence-corrected chi connectivity index (χ4v) is 1.55. The van der Waals surface area contributed by atoms with Crippen LogP contribution < -0.4 is 5.73 Å². The van der Waals surface area contributed by atoms with Crippen molar-refractivity contribution in [3.63, 3.8) is 0 Å². The van der Waals surface area contributed by atoms with Gasteiger partial charge >= 0.3 is 0 Å². The van der Waals surface area contributed by atoms with Crippen LogP contribution in [0.5, 0.6) is 0 Å². The first-order chi connectivity index (χ1) is 6.97. The van der Waals surface area contributed by atoms with E-state index in [1.807, 2.05) is 0 Å². The van der Waals surface area contributed by atoms with Crippen LogP contribution in [0.4, 0.5) is 13.2 Å². The van der Waals surface area contributed by atoms with Crippen LogP contribution in [-0.2, 0) is 0 Å². The van der Waals surface area contributed by atoms with E-state index >= 15 is 0 Å². The number of alkyl halides is 2. The Balaban J connectivity index is 3.18. The maximum Gasteiger partial charge on any atom is 0.246 e. The van der Waals surface area contributed by atoms with Crippen LogP contribution in [0.25, 0.3) is 0 Å². The normalized spacial score (nSPS) is 13.3. The molecule has 15 heavy (non-hydrogen) atoms. The second kappa shape index (κ2) is 5.01. The van der Waals surface area contributed by atoms with Crippen molar-refractivity contribution in [3.8, 4) is 0 Å². The average Bonchev–Trinajstić information content (AvgIpc) is 2.14. The van der Waals surface area contributed by atoms with Crippen LogP contribution in [0.3, 0.4) is 0 Å². The molecule has 2 nitrogen and oxygen atoms in total. The standard InChI is InChI=1S/C8H7Cl2F3N2/c9-6-3(4(2-14)8(12)13)1-5(11)7(10)15-6/h1,4,8H,2,14H2. The van der Waals surface area contributed by atoms with Gasteiger partial charge < -0.3 is 5.73 Å². The van der Waals surface area contributed by atoms with E-state index in [2.05, 4.69) is 4.98 Å². The number of aromatic nitrogens is 1. The zero-order chi connectivity index (χ0) is 11.6. The van der Waals surface area contributed by atoms with E-state index < -0.39 is 23.3 Å². The summed E-state index contributed by atoms with van der Waals surface area (Å²) in [5, 5.41) is -0.703. The minimum Gasteiger partial charge on any atom is -0.330 e. The number of hydrogen-bond acceptors (Lipinski definition) is 2. The van der Waals surface area contributed by atoms with Gasteiger partial charge in [-0.25, -0.2) is 18.2 Å². The lowest BCUT2D eigenvalue weighted by atomic mass is 10.0. The molecule has 0 aliphatic heterocycles. The Morgan fingerprint density at radius 3 is 2.40 bits per heavy atom. The molecule has 1 rings (SSSR count). The molecule has 0 radical (unpaired) electrons. The summed E-state index contributed by atoms with van der Waals surface area (Å²) in [5.74, 6) is -2.23. The number of nitrogens with zero attached hydrogens (tertiary/aromatic N) is 1. The smallest absolute Gasteiger partial charge is 0.246 e. The molecule has 0 bridgehead atoms. The SMILES string of the molecule is NCC(c1cc(F)c(Cl)nc1Cl)C(F)F. The van der Waals surface area contributed by atoms with E-state index in [0.717, 1.165) is 6.07 Å². The molecule has 0 amide bonds. The van der Waals surface area contributed by atoms with Crippen molar-refractivity contribution in [3.05, 3.63) is 27.8 Å². The topological polar surface area (TPSA) is 38.9 Å². The van der Waals surface area contributed by atoms with Crippen LogP contribution in [0.1, 0.15) is 11.5 Å². The second-order valence-electron chi connectivity index (χ2n) is 2.82. The molecule has 2 N–H and O–H groups in total. The summed E-state index contributed by atoms with van der Waals surface area (Å²) in [7, 11) is 0. The maximum absolute atomic E-state index is 13.0. The molecule has 7 heteroatoms. The lowest BCUT2D eigenvalue weighted by Crippen LogP contribution is -2.20. The highest BCUT2D eigenvalue weighted by Gasteiger charge is 2.25. The van der Waals surface area contributed by atoms with Crippen LogP contribution in [0.2, 0.25) is 10.3 Å². The van der Waals surface area contributed by atoms with Gasteiger partial charge in [0, 0.05) is 12.1 Å². The Morgan fingerprint density at radius 2 is 1.93 bits per heavy atom. The fourth-order valence-electron chi connectivity index (χ4n) is 1.09. The first-order valence-electron chi connectivity index (χ1n) is 3.97. The molecule has 1 aromatic heterocycles. The molecule has 0 aliphatic carbocycles. The summed E-state index contributed by atoms with van der Waals surface area (Å²) < 4.78 is 37.9. The van der Waals surface area contributed by atoms with Gasteiger partial charge in [0.2, 0.25) is 6.43 Å². The van der Waals surface area contributed by atoms with Crippen LogP contribution in [0.15, 0.2) is 6.07 Å². The summed E-state index contributed by atoms with van der Waals surface area (Å²) in [6.07, 6.45) is -2.73. The zero-order valence-corrected chi connectivity index (χ0v) is 8.87. The Bertz CT molecular complexity index is 360. The first-order valence-corrected chi connectivity index (χ1v) is 4.72. The maximum atomic E-state index is 13.0. The van der Waals surface area contributed by atoms with Crippen molar-refractivity contribution in [2.45, 2.75) is 12.3 Å². The minimum atomic E-state index is -2.73. The number of rotatable bonds is 3. The van der Waals surface area contributed by atoms with Crippen LogP contribution >= 0.6 is 23.2 Å². The Hall–Kier alpha value is -0.520. The van der Waals surface area contributed by atoms with Gasteiger partial charge in [-0.3, -0.25) is 0 Å². The van der Waals surface area contributed by atoms with Crippen molar-refractivity contribution < 1.29 is 13.2 Å². The van der Waals surface area contributed by atoms with Crippen molar-refractivity contribution in [2.24, 2.45) is 5.73 Å². The van der Waals surface area contributed by atoms with E-state index in [-0.39, 0.29) is 17.3 Å². The van der Waals surface area contributed by atoms with Crippen molar-refractivity contribution >= 4 is 23.2 Å². The molecule has 1 atom stereocenters. The van der Waals surface area contributed by atoms with Crippen molar-refractivity contribution in [2.75, 3.05) is 6.54 Å². The Morgan fingerprint density at radius 1 is 1.33 bits per heavy atom. The first kappa shape index (κ1) is 12.5. The number of hydrogen-bond donors (Lipinski definition) is 1. The van der Waals surface area contributed by atoms with Gasteiger partial charge in [0.25, 0.3) is 0 Å². The predicted octanol–water partition coefficient (Wildman–Crippen LogP) is 2.83. The van der Waals surface area contributed by atoms with E-state index in [1.54, 1.807) is 0 Å². The average molecular weight is 259 g/mol. The predicted molar refractivity (Wildman–Crippen MR) is 52.0 cm³/mol. The summed E-state index contributed by atoms with van der Waals surface area (Å²) in [6, 6.07) is 0.835. The van der Waals surface area contributed by atoms with Gasteiger partial charge in [-0.1, -0.05) is 23.2 Å². The third kappa shape index (κ3) is 2.74. The minimum absolute atomic E-state index is 0.129. The lowest BCUT2D eigenvalue weighted by molar-refractivity contribution is 0.117. The van der Waals surface area contributed by atoms with Gasteiger partial charge in [0.05, 0.1) is 5.92 Å². The largest absolute Gasteiger partial charge is 0.330 e. The third-order valence-corrected chi connectivity index (χ3v) is 2.44. The quantitative estimate of drug-likeness (QED) is 0.847. The van der Waals surface area contributed by atoms with Crippen molar-refractivity contribution in [1.82, 2.24) is 4.98 Å². The van der Waals surface area contributed by atoms with Crippen LogP contribution in [0, 0.1) is 5.82 Å². The molecule has 0 fully saturated rings. The molecular formula is C8H7Cl2F3N2. The van der Waals surface area contributed by atoms with E-state index in [4.69, 9.17) is 28.9 Å². The molecule has 0 aliphatic rings. The van der Waals surface area contributed by atoms with Gasteiger partial charge in [-0.15, -0.1) is 0 Å². The Labute approximate surface area is 94.2 Å². The summed E-state index contributed by atoms with van der Waals surface area (Å²) >= 11 is 10.9. The van der Waals surface area contributed by atoms with E-state index in [1.165, 1.54) is 0 Å². The van der Waals surface area contributed by atoms with Gasteiger partial charge in [0.15, 0.2) is 11.0 Å². The van der Waals surface area contributed by atoms with Gasteiger partial charge in [-0.05, 0) is 6.07 Å². The second-order valence-corrected chi connectivity index (χ2v) is 3.53. The molecule has 1 heterocycles. The molecule has 1 unspecified atom stereocenters. The molecule has 0 saturated heterocycles. The third-order valence-electron chi connectivity index (χ3n) is 1.87. The molecule has 84 valence electrons. The monoisotopic (exact) mass is 258 g/mol. The van der Waals surface area contributed by atoms with Crippen LogP contribution in [-0.4, -0.2) is 18.0 Å². The number of halogens is 5. The zero-order valence-electron chi connectivity index (χ0n) is 7.35. The molecule has 1 aromatic rings. The summed E-state index contributed by atoms with van der Waals surface area (Å²) in [6.45, 7) is -0.347. The van der Waals surface area contributed by atoms with E-state index in [9.17, 15) is 13.2 Å². The highest BCUT2D eigenvalue weighted by molar-refractivity contribution is 6.33. The lowest BCUT2D eigenvalue weighted by Gasteiger charge is -2.15. The summed E-state index contributed by atoms with van der Waals surface area (Å²) in [4.78, 5) is 3.39. The van der Waals surface area contributed by atoms with Crippen molar-refractivity contribution in [1.29, 1.82) is 0 Å². The van der Waals surface area contributed by atoms with E-state index in [0.29, 0.717) is 0 Å². The molecule has 0 saturated carbocycles. The highest BCUT2D eigenvalue weighted by atomic mass is 35.5. The fraction of sp³-hybridized carbons (Fsp3) is 0.375. The number of pyridine rings is 1. The number of nitrogens with two attached hydrogens (primary N) is 1.